The first-order valence-corrected chi connectivity index (χ1v) is 12.9. The summed E-state index contributed by atoms with van der Waals surface area (Å²) in [6, 6.07) is 24.4. The third kappa shape index (κ3) is 5.66. The van der Waals surface area contributed by atoms with Crippen molar-refractivity contribution in [3.8, 4) is 11.1 Å². The maximum absolute atomic E-state index is 9.43. The lowest BCUT2D eigenvalue weighted by atomic mass is 9.99. The summed E-state index contributed by atoms with van der Waals surface area (Å²) in [5.41, 5.74) is 12.0. The summed E-state index contributed by atoms with van der Waals surface area (Å²) < 4.78 is 14.6. The molecule has 3 atom stereocenters. The van der Waals surface area contributed by atoms with E-state index in [1.807, 2.05) is 55.6 Å². The van der Waals surface area contributed by atoms with E-state index >= 15 is 0 Å². The molecule has 0 unspecified atom stereocenters. The summed E-state index contributed by atoms with van der Waals surface area (Å²) in [5, 5.41) is 21.9. The predicted molar refractivity (Wildman–Crippen MR) is 138 cm³/mol. The molecule has 8 nitrogen and oxygen atoms in total. The fraction of sp³-hybridized carbons (Fsp3) is 0.296. The van der Waals surface area contributed by atoms with Crippen LogP contribution in [0.25, 0.3) is 11.1 Å². The number of nitrogens with two attached hydrogens (primary N) is 1. The molecule has 0 aliphatic carbocycles. The summed E-state index contributed by atoms with van der Waals surface area (Å²) in [7, 11) is 1.83. The van der Waals surface area contributed by atoms with Gasteiger partial charge in [-0.05, 0) is 50.4 Å². The smallest absolute Gasteiger partial charge is 0.209 e. The molecule has 0 amide bonds. The summed E-state index contributed by atoms with van der Waals surface area (Å²) in [6.45, 7) is 0.514. The molecule has 0 radical (unpaired) electrons. The standard InChI is InChI=1S/C27H29N5O3S/c1-32-27(29-30-31-32)36-17-24-14-25(20-10-8-18(16-33)9-11-20)35-26(34-24)23-7-3-6-22(13-23)21-5-2-4-19(12-21)15-28/h2-13,24-26,33H,14-17,28H2,1H3/t24-,25+,26+/m1/s1. The van der Waals surface area contributed by atoms with Crippen molar-refractivity contribution in [2.75, 3.05) is 5.75 Å². The topological polar surface area (TPSA) is 108 Å². The third-order valence-electron chi connectivity index (χ3n) is 6.25. The first kappa shape index (κ1) is 24.6. The molecular formula is C27H29N5O3S. The number of hydrogen-bond donors (Lipinski definition) is 2. The van der Waals surface area contributed by atoms with E-state index in [-0.39, 0.29) is 18.8 Å². The highest BCUT2D eigenvalue weighted by Gasteiger charge is 2.32. The second-order valence-electron chi connectivity index (χ2n) is 8.78. The molecule has 1 saturated heterocycles. The van der Waals surface area contributed by atoms with Gasteiger partial charge in [0.2, 0.25) is 5.16 Å². The number of nitrogens with zero attached hydrogens (tertiary/aromatic N) is 4. The Labute approximate surface area is 214 Å². The van der Waals surface area contributed by atoms with Crippen LogP contribution in [-0.2, 0) is 29.7 Å². The van der Waals surface area contributed by atoms with E-state index in [0.717, 1.165) is 38.5 Å². The Morgan fingerprint density at radius 1 is 0.972 bits per heavy atom. The number of tetrazole rings is 1. The first-order chi connectivity index (χ1) is 17.6. The molecule has 3 N–H and O–H groups in total. The number of thioether (sulfide) groups is 1. The number of aryl methyl sites for hydroxylation is 1. The van der Waals surface area contributed by atoms with Gasteiger partial charge in [0.05, 0.1) is 18.8 Å². The van der Waals surface area contributed by atoms with Gasteiger partial charge in [0, 0.05) is 31.3 Å². The fourth-order valence-electron chi connectivity index (χ4n) is 4.28. The Hall–Kier alpha value is -3.08. The minimum absolute atomic E-state index is 0.0146. The van der Waals surface area contributed by atoms with Crippen LogP contribution in [0.5, 0.6) is 0 Å². The zero-order chi connectivity index (χ0) is 24.9. The maximum atomic E-state index is 9.43. The highest BCUT2D eigenvalue weighted by molar-refractivity contribution is 7.99. The molecule has 5 rings (SSSR count). The molecule has 9 heteroatoms. The van der Waals surface area contributed by atoms with E-state index in [4.69, 9.17) is 15.2 Å². The Balaban J connectivity index is 1.41. The van der Waals surface area contributed by atoms with Crippen LogP contribution in [0.4, 0.5) is 0 Å². The van der Waals surface area contributed by atoms with Gasteiger partial charge in [0.15, 0.2) is 6.29 Å². The van der Waals surface area contributed by atoms with Crippen molar-refractivity contribution in [1.82, 2.24) is 20.2 Å². The first-order valence-electron chi connectivity index (χ1n) is 11.9. The van der Waals surface area contributed by atoms with Crippen molar-refractivity contribution < 1.29 is 14.6 Å². The second kappa shape index (κ2) is 11.3. The largest absolute Gasteiger partial charge is 0.392 e. The molecule has 1 aromatic heterocycles. The van der Waals surface area contributed by atoms with E-state index in [1.165, 1.54) is 0 Å². The summed E-state index contributed by atoms with van der Waals surface area (Å²) in [4.78, 5) is 0. The quantitative estimate of drug-likeness (QED) is 0.345. The Morgan fingerprint density at radius 2 is 1.75 bits per heavy atom. The second-order valence-corrected chi connectivity index (χ2v) is 9.76. The van der Waals surface area contributed by atoms with Gasteiger partial charge in [0.25, 0.3) is 0 Å². The number of rotatable bonds is 8. The number of benzene rings is 3. The summed E-state index contributed by atoms with van der Waals surface area (Å²) in [6.07, 6.45) is -0.0471. The van der Waals surface area contributed by atoms with E-state index < -0.39 is 6.29 Å². The van der Waals surface area contributed by atoms with Gasteiger partial charge in [-0.15, -0.1) is 5.10 Å². The van der Waals surface area contributed by atoms with E-state index in [2.05, 4.69) is 39.8 Å². The molecule has 36 heavy (non-hydrogen) atoms. The van der Waals surface area contributed by atoms with Crippen LogP contribution >= 0.6 is 11.8 Å². The molecule has 186 valence electrons. The molecule has 0 bridgehead atoms. The van der Waals surface area contributed by atoms with Crippen molar-refractivity contribution in [2.45, 2.75) is 43.2 Å². The number of aromatic nitrogens is 4. The number of aliphatic hydroxyl groups excluding tert-OH is 1. The summed E-state index contributed by atoms with van der Waals surface area (Å²) in [5.74, 6) is 0.692. The van der Waals surface area contributed by atoms with Crippen LogP contribution in [0.2, 0.25) is 0 Å². The lowest BCUT2D eigenvalue weighted by Gasteiger charge is -2.36. The minimum atomic E-state index is -0.526. The minimum Gasteiger partial charge on any atom is -0.392 e. The number of ether oxygens (including phenoxy) is 2. The highest BCUT2D eigenvalue weighted by Crippen LogP contribution is 2.40. The van der Waals surface area contributed by atoms with Crippen molar-refractivity contribution in [2.24, 2.45) is 12.8 Å². The average molecular weight is 504 g/mol. The van der Waals surface area contributed by atoms with E-state index in [0.29, 0.717) is 18.7 Å². The van der Waals surface area contributed by atoms with Crippen LogP contribution in [0, 0.1) is 0 Å². The van der Waals surface area contributed by atoms with Crippen molar-refractivity contribution in [3.63, 3.8) is 0 Å². The van der Waals surface area contributed by atoms with Gasteiger partial charge in [-0.25, -0.2) is 4.68 Å². The van der Waals surface area contributed by atoms with E-state index in [1.54, 1.807) is 16.4 Å². The lowest BCUT2D eigenvalue weighted by Crippen LogP contribution is -2.31. The van der Waals surface area contributed by atoms with Crippen molar-refractivity contribution in [3.05, 3.63) is 95.1 Å². The molecule has 1 fully saturated rings. The van der Waals surface area contributed by atoms with Crippen molar-refractivity contribution >= 4 is 11.8 Å². The molecule has 3 aromatic carbocycles. The van der Waals surface area contributed by atoms with Gasteiger partial charge in [-0.3, -0.25) is 0 Å². The predicted octanol–water partition coefficient (Wildman–Crippen LogP) is 4.17. The van der Waals surface area contributed by atoms with Crippen LogP contribution in [-0.4, -0.2) is 37.2 Å². The van der Waals surface area contributed by atoms with Gasteiger partial charge < -0.3 is 20.3 Å². The lowest BCUT2D eigenvalue weighted by molar-refractivity contribution is -0.245. The van der Waals surface area contributed by atoms with Gasteiger partial charge in [-0.2, -0.15) is 0 Å². The Bertz CT molecular complexity index is 1300. The van der Waals surface area contributed by atoms with Crippen LogP contribution in [0.15, 0.2) is 78.0 Å². The highest BCUT2D eigenvalue weighted by atomic mass is 32.2. The van der Waals surface area contributed by atoms with Gasteiger partial charge >= 0.3 is 0 Å². The molecule has 1 aliphatic heterocycles. The van der Waals surface area contributed by atoms with Crippen molar-refractivity contribution in [1.29, 1.82) is 0 Å². The fourth-order valence-corrected chi connectivity index (χ4v) is 5.14. The normalized spacial score (nSPS) is 19.9. The van der Waals surface area contributed by atoms with Crippen LogP contribution in [0.3, 0.4) is 0 Å². The number of aliphatic hydroxyl groups is 1. The Morgan fingerprint density at radius 3 is 2.47 bits per heavy atom. The van der Waals surface area contributed by atoms with Crippen LogP contribution < -0.4 is 5.73 Å². The molecule has 2 heterocycles. The molecule has 0 saturated carbocycles. The average Bonchev–Trinajstić information content (AvgIpc) is 3.36. The molecule has 1 aliphatic rings. The van der Waals surface area contributed by atoms with Gasteiger partial charge in [-0.1, -0.05) is 72.4 Å². The monoisotopic (exact) mass is 503 g/mol. The Kier molecular flexibility index (Phi) is 7.74. The maximum Gasteiger partial charge on any atom is 0.209 e. The van der Waals surface area contributed by atoms with E-state index in [9.17, 15) is 5.11 Å². The third-order valence-corrected chi connectivity index (χ3v) is 7.39. The van der Waals surface area contributed by atoms with Crippen LogP contribution in [0.1, 0.15) is 41.1 Å². The molecular weight excluding hydrogens is 474 g/mol. The molecule has 0 spiro atoms. The zero-order valence-corrected chi connectivity index (χ0v) is 20.8. The number of hydrogen-bond acceptors (Lipinski definition) is 8. The SMILES string of the molecule is Cn1nnnc1SC[C@H]1C[C@@H](c2ccc(CO)cc2)O[C@@H](c2cccc(-c3cccc(CN)c3)c2)O1. The molecule has 4 aromatic rings. The van der Waals surface area contributed by atoms with Gasteiger partial charge in [0.1, 0.15) is 0 Å². The zero-order valence-electron chi connectivity index (χ0n) is 20.0. The summed E-state index contributed by atoms with van der Waals surface area (Å²) >= 11 is 1.57.